The van der Waals surface area contributed by atoms with Gasteiger partial charge >= 0.3 is 5.97 Å². The number of hydrogen-bond acceptors (Lipinski definition) is 4. The van der Waals surface area contributed by atoms with Gasteiger partial charge in [0.1, 0.15) is 22.9 Å². The zero-order valence-electron chi connectivity index (χ0n) is 10.7. The lowest BCUT2D eigenvalue weighted by atomic mass is 10.2. The quantitative estimate of drug-likeness (QED) is 0.782. The van der Waals surface area contributed by atoms with Crippen LogP contribution in [0.5, 0.6) is 5.75 Å². The topological polar surface area (TPSA) is 59.4 Å². The van der Waals surface area contributed by atoms with Gasteiger partial charge in [-0.25, -0.2) is 9.78 Å². The first-order chi connectivity index (χ1) is 10.1. The van der Waals surface area contributed by atoms with Gasteiger partial charge in [0, 0.05) is 5.02 Å². The first kappa shape index (κ1) is 13.9. The van der Waals surface area contributed by atoms with Crippen molar-refractivity contribution in [2.75, 3.05) is 0 Å². The van der Waals surface area contributed by atoms with Crippen LogP contribution in [0.1, 0.15) is 15.4 Å². The monoisotopic (exact) mass is 319 g/mol. The van der Waals surface area contributed by atoms with E-state index in [2.05, 4.69) is 4.98 Å². The summed E-state index contributed by atoms with van der Waals surface area (Å²) in [6.07, 6.45) is 0. The van der Waals surface area contributed by atoms with Gasteiger partial charge in [0.2, 0.25) is 0 Å². The molecule has 1 aromatic heterocycles. The molecule has 1 N–H and O–H groups in total. The molecule has 0 amide bonds. The van der Waals surface area contributed by atoms with Crippen LogP contribution < -0.4 is 4.74 Å². The van der Waals surface area contributed by atoms with Crippen molar-refractivity contribution < 1.29 is 14.6 Å². The van der Waals surface area contributed by atoms with Crippen LogP contribution in [-0.2, 0) is 6.61 Å². The normalized spacial score (nSPS) is 10.7. The van der Waals surface area contributed by atoms with Crippen molar-refractivity contribution >= 4 is 39.1 Å². The van der Waals surface area contributed by atoms with Gasteiger partial charge in [-0.15, -0.1) is 11.3 Å². The third-order valence-corrected chi connectivity index (χ3v) is 4.11. The number of aromatic nitrogens is 1. The lowest BCUT2D eigenvalue weighted by Gasteiger charge is -2.07. The number of carboxylic acids is 1. The van der Waals surface area contributed by atoms with Crippen LogP contribution in [0.3, 0.4) is 0 Å². The minimum Gasteiger partial charge on any atom is -0.486 e. The van der Waals surface area contributed by atoms with E-state index in [1.807, 2.05) is 24.3 Å². The molecule has 0 spiro atoms. The molecule has 1 heterocycles. The fraction of sp³-hybridized carbons (Fsp3) is 0.0667. The first-order valence-corrected chi connectivity index (χ1v) is 7.33. The van der Waals surface area contributed by atoms with Gasteiger partial charge in [0.05, 0.1) is 10.2 Å². The lowest BCUT2D eigenvalue weighted by molar-refractivity contribution is 0.0691. The van der Waals surface area contributed by atoms with Crippen LogP contribution in [0.2, 0.25) is 5.02 Å². The number of para-hydroxylation sites is 1. The Morgan fingerprint density at radius 2 is 2.10 bits per heavy atom. The van der Waals surface area contributed by atoms with E-state index < -0.39 is 5.97 Å². The molecule has 0 radical (unpaired) electrons. The van der Waals surface area contributed by atoms with Crippen molar-refractivity contribution in [1.82, 2.24) is 4.98 Å². The van der Waals surface area contributed by atoms with E-state index in [-0.39, 0.29) is 17.9 Å². The molecular formula is C15H10ClNO3S. The molecule has 0 saturated heterocycles. The minimum absolute atomic E-state index is 0.0450. The Hall–Kier alpha value is -2.11. The van der Waals surface area contributed by atoms with Gasteiger partial charge in [-0.1, -0.05) is 23.7 Å². The SMILES string of the molecule is O=C(O)c1cc(Cl)ccc1OCc1nc2ccccc2s1. The van der Waals surface area contributed by atoms with Gasteiger partial charge in [0.25, 0.3) is 0 Å². The van der Waals surface area contributed by atoms with Crippen molar-refractivity contribution in [3.63, 3.8) is 0 Å². The number of thiazole rings is 1. The summed E-state index contributed by atoms with van der Waals surface area (Å²) in [5.74, 6) is -0.789. The summed E-state index contributed by atoms with van der Waals surface area (Å²) >= 11 is 7.33. The van der Waals surface area contributed by atoms with E-state index in [9.17, 15) is 4.79 Å². The van der Waals surface area contributed by atoms with Crippen LogP contribution in [0, 0.1) is 0 Å². The predicted octanol–water partition coefficient (Wildman–Crippen LogP) is 4.23. The second kappa shape index (κ2) is 5.71. The molecule has 3 rings (SSSR count). The maximum Gasteiger partial charge on any atom is 0.339 e. The van der Waals surface area contributed by atoms with E-state index in [0.717, 1.165) is 15.2 Å². The summed E-state index contributed by atoms with van der Waals surface area (Å²) in [6, 6.07) is 12.3. The average Bonchev–Trinajstić information content (AvgIpc) is 2.88. The molecule has 0 aliphatic heterocycles. The van der Waals surface area contributed by atoms with Crippen LogP contribution in [0.4, 0.5) is 0 Å². The molecule has 0 bridgehead atoms. The van der Waals surface area contributed by atoms with Gasteiger partial charge in [-0.05, 0) is 30.3 Å². The molecule has 2 aromatic carbocycles. The molecular weight excluding hydrogens is 310 g/mol. The molecule has 106 valence electrons. The summed E-state index contributed by atoms with van der Waals surface area (Å²) in [5.41, 5.74) is 0.958. The van der Waals surface area contributed by atoms with Crippen molar-refractivity contribution in [3.05, 3.63) is 58.1 Å². The number of carbonyl (C=O) groups is 1. The Morgan fingerprint density at radius 1 is 1.29 bits per heavy atom. The molecule has 6 heteroatoms. The van der Waals surface area contributed by atoms with Crippen molar-refractivity contribution in [2.45, 2.75) is 6.61 Å². The van der Waals surface area contributed by atoms with Crippen molar-refractivity contribution in [2.24, 2.45) is 0 Å². The molecule has 4 nitrogen and oxygen atoms in total. The standard InChI is InChI=1S/C15H10ClNO3S/c16-9-5-6-12(10(7-9)15(18)19)20-8-14-17-11-3-1-2-4-13(11)21-14/h1-7H,8H2,(H,18,19). The fourth-order valence-corrected chi connectivity index (χ4v) is 2.97. The Bertz CT molecular complexity index is 783. The number of rotatable bonds is 4. The number of ether oxygens (including phenoxy) is 1. The zero-order chi connectivity index (χ0) is 14.8. The van der Waals surface area contributed by atoms with Gasteiger partial charge in [-0.3, -0.25) is 0 Å². The van der Waals surface area contributed by atoms with E-state index in [1.165, 1.54) is 17.4 Å². The van der Waals surface area contributed by atoms with Crippen LogP contribution in [0.25, 0.3) is 10.2 Å². The lowest BCUT2D eigenvalue weighted by Crippen LogP contribution is -2.03. The average molecular weight is 320 g/mol. The summed E-state index contributed by atoms with van der Waals surface area (Å²) in [5, 5.41) is 10.3. The number of fused-ring (bicyclic) bond motifs is 1. The molecule has 0 fully saturated rings. The molecule has 0 atom stereocenters. The first-order valence-electron chi connectivity index (χ1n) is 6.13. The maximum absolute atomic E-state index is 11.2. The summed E-state index contributed by atoms with van der Waals surface area (Å²) in [7, 11) is 0. The van der Waals surface area contributed by atoms with E-state index >= 15 is 0 Å². The highest BCUT2D eigenvalue weighted by molar-refractivity contribution is 7.18. The number of nitrogens with zero attached hydrogens (tertiary/aromatic N) is 1. The van der Waals surface area contributed by atoms with Crippen LogP contribution >= 0.6 is 22.9 Å². The predicted molar refractivity (Wildman–Crippen MR) is 82.4 cm³/mol. The van der Waals surface area contributed by atoms with E-state index in [1.54, 1.807) is 12.1 Å². The van der Waals surface area contributed by atoms with E-state index in [4.69, 9.17) is 21.4 Å². The largest absolute Gasteiger partial charge is 0.486 e. The highest BCUT2D eigenvalue weighted by Gasteiger charge is 2.13. The van der Waals surface area contributed by atoms with Gasteiger partial charge < -0.3 is 9.84 Å². The summed E-state index contributed by atoms with van der Waals surface area (Å²) in [4.78, 5) is 15.6. The highest BCUT2D eigenvalue weighted by Crippen LogP contribution is 2.26. The van der Waals surface area contributed by atoms with Crippen molar-refractivity contribution in [1.29, 1.82) is 0 Å². The molecule has 0 unspecified atom stereocenters. The van der Waals surface area contributed by atoms with E-state index in [0.29, 0.717) is 5.02 Å². The highest BCUT2D eigenvalue weighted by atomic mass is 35.5. The number of carboxylic acid groups (broad SMARTS) is 1. The molecule has 0 aliphatic rings. The maximum atomic E-state index is 11.2. The summed E-state index contributed by atoms with van der Waals surface area (Å²) < 4.78 is 6.65. The van der Waals surface area contributed by atoms with Crippen LogP contribution in [-0.4, -0.2) is 16.1 Å². The number of aromatic carboxylic acids is 1. The number of halogens is 1. The molecule has 3 aromatic rings. The molecule has 0 aliphatic carbocycles. The fourth-order valence-electron chi connectivity index (χ4n) is 1.92. The minimum atomic E-state index is -1.07. The van der Waals surface area contributed by atoms with Crippen molar-refractivity contribution in [3.8, 4) is 5.75 Å². The second-order valence-corrected chi connectivity index (χ2v) is 5.86. The zero-order valence-corrected chi connectivity index (χ0v) is 12.3. The third kappa shape index (κ3) is 2.99. The van der Waals surface area contributed by atoms with Crippen LogP contribution in [0.15, 0.2) is 42.5 Å². The Labute approximate surface area is 129 Å². The molecule has 21 heavy (non-hydrogen) atoms. The van der Waals surface area contributed by atoms with Gasteiger partial charge in [0.15, 0.2) is 0 Å². The number of hydrogen-bond donors (Lipinski definition) is 1. The Balaban J connectivity index is 1.83. The summed E-state index contributed by atoms with van der Waals surface area (Å²) in [6.45, 7) is 0.223. The second-order valence-electron chi connectivity index (χ2n) is 4.31. The molecule has 0 saturated carbocycles. The third-order valence-electron chi connectivity index (χ3n) is 2.86. The van der Waals surface area contributed by atoms with Gasteiger partial charge in [-0.2, -0.15) is 0 Å². The number of benzene rings is 2. The Kier molecular flexibility index (Phi) is 3.77. The Morgan fingerprint density at radius 3 is 2.86 bits per heavy atom. The smallest absolute Gasteiger partial charge is 0.339 e.